The molecule has 0 aliphatic heterocycles. The summed E-state index contributed by atoms with van der Waals surface area (Å²) in [7, 11) is 0. The summed E-state index contributed by atoms with van der Waals surface area (Å²) in [4.78, 5) is -0.167. The summed E-state index contributed by atoms with van der Waals surface area (Å²) < 4.78 is 0. The summed E-state index contributed by atoms with van der Waals surface area (Å²) in [6.07, 6.45) is 9.54. The molecule has 11 heavy (non-hydrogen) atoms. The Morgan fingerprint density at radius 1 is 1.09 bits per heavy atom. The van der Waals surface area contributed by atoms with Crippen LogP contribution in [0.1, 0.15) is 45.4 Å². The van der Waals surface area contributed by atoms with E-state index in [1.807, 2.05) is 0 Å². The normalized spacial score (nSPS) is 11.5. The predicted octanol–water partition coefficient (Wildman–Crippen LogP) is 3.37. The van der Waals surface area contributed by atoms with Gasteiger partial charge in [0.15, 0.2) is 0 Å². The molecule has 3 heteroatoms. The first kappa shape index (κ1) is 12.0. The fourth-order valence-corrected chi connectivity index (χ4v) is 2.70. The van der Waals surface area contributed by atoms with Gasteiger partial charge in [-0.1, -0.05) is 0 Å². The van der Waals surface area contributed by atoms with Crippen molar-refractivity contribution in [3.63, 3.8) is 0 Å². The van der Waals surface area contributed by atoms with Crippen molar-refractivity contribution in [2.75, 3.05) is 6.16 Å². The Kier molecular flexibility index (Phi) is 9.99. The van der Waals surface area contributed by atoms with Crippen molar-refractivity contribution in [3.05, 3.63) is 0 Å². The van der Waals surface area contributed by atoms with Crippen molar-refractivity contribution in [1.82, 2.24) is 0 Å². The molecule has 0 heterocycles. The zero-order valence-corrected chi connectivity index (χ0v) is 10.6. The van der Waals surface area contributed by atoms with Crippen molar-refractivity contribution in [2.24, 2.45) is 0 Å². The Morgan fingerprint density at radius 2 is 1.64 bits per heavy atom. The van der Waals surface area contributed by atoms with Gasteiger partial charge in [0.2, 0.25) is 0 Å². The average Bonchev–Trinajstić information content (AvgIpc) is 1.96. The van der Waals surface area contributed by atoms with Crippen LogP contribution in [0.25, 0.3) is 0 Å². The molecule has 0 aromatic rings. The molecule has 0 radical (unpaired) electrons. The van der Waals surface area contributed by atoms with Crippen LogP contribution in [-0.4, -0.2) is 21.3 Å². The molecule has 0 aromatic heterocycles. The number of rotatable bonds is 7. The molecule has 0 nitrogen and oxygen atoms in total. The van der Waals surface area contributed by atoms with Crippen LogP contribution in [0.15, 0.2) is 0 Å². The molecule has 0 rings (SSSR count). The van der Waals surface area contributed by atoms with Gasteiger partial charge in [-0.25, -0.2) is 0 Å². The predicted molar refractivity (Wildman–Crippen MR) is 58.3 cm³/mol. The molecule has 0 bridgehead atoms. The molecule has 0 aliphatic carbocycles. The maximum absolute atomic E-state index is 5.09. The van der Waals surface area contributed by atoms with Crippen molar-refractivity contribution in [3.8, 4) is 0 Å². The molecule has 0 saturated carbocycles. The van der Waals surface area contributed by atoms with E-state index in [4.69, 9.17) is 11.8 Å². The minimum atomic E-state index is -0.167. The summed E-state index contributed by atoms with van der Waals surface area (Å²) in [5.74, 6) is 0. The van der Waals surface area contributed by atoms with Crippen molar-refractivity contribution < 1.29 is 0 Å². The first-order valence-electron chi connectivity index (χ1n) is 4.39. The van der Waals surface area contributed by atoms with E-state index in [2.05, 4.69) is 22.0 Å². The summed E-state index contributed by atoms with van der Waals surface area (Å²) in [5, 5.41) is 0. The maximum atomic E-state index is 5.09. The molecule has 0 fully saturated rings. The molecular weight excluding hydrogens is 238 g/mol. The monoisotopic (exact) mass is 256 g/mol. The fraction of sp³-hybridized carbons (Fsp3) is 1.00. The third-order valence-corrected chi connectivity index (χ3v) is 4.07. The van der Waals surface area contributed by atoms with Crippen LogP contribution in [0, 0.1) is 0 Å². The molecular formula is C8H17PSSe. The molecule has 0 amide bonds. The Labute approximate surface area is 83.5 Å². The number of hydrogen-bond acceptors (Lipinski definition) is 1. The van der Waals surface area contributed by atoms with Gasteiger partial charge in [-0.15, -0.1) is 0 Å². The van der Waals surface area contributed by atoms with E-state index in [9.17, 15) is 0 Å². The first-order chi connectivity index (χ1) is 5.27. The third kappa shape index (κ3) is 11.0. The van der Waals surface area contributed by atoms with Gasteiger partial charge in [-0.2, -0.15) is 0 Å². The van der Waals surface area contributed by atoms with Gasteiger partial charge in [0.1, 0.15) is 0 Å². The van der Waals surface area contributed by atoms with Crippen LogP contribution >= 0.6 is 4.94 Å². The summed E-state index contributed by atoms with van der Waals surface area (Å²) in [6, 6.07) is 0. The van der Waals surface area contributed by atoms with E-state index in [0.717, 1.165) is 0 Å². The van der Waals surface area contributed by atoms with E-state index in [1.165, 1.54) is 44.7 Å². The Hall–Kier alpha value is 1.04. The molecule has 1 atom stereocenters. The van der Waals surface area contributed by atoms with Gasteiger partial charge in [-0.3, -0.25) is 0 Å². The molecule has 0 aliphatic rings. The molecule has 0 aromatic carbocycles. The molecule has 66 valence electrons. The zero-order valence-electron chi connectivity index (χ0n) is 7.21. The standard InChI is InChI=1S/C8H17PSSe/c1-2-3-4-5-6-7-8-9(10)11/h2-8H2,1H3. The third-order valence-electron chi connectivity index (χ3n) is 1.69. The quantitative estimate of drug-likeness (QED) is 0.382. The molecule has 0 spiro atoms. The first-order valence-corrected chi connectivity index (χ1v) is 9.15. The zero-order chi connectivity index (χ0) is 8.53. The van der Waals surface area contributed by atoms with Gasteiger partial charge in [0.05, 0.1) is 0 Å². The van der Waals surface area contributed by atoms with Gasteiger partial charge in [-0.05, 0) is 0 Å². The van der Waals surface area contributed by atoms with Crippen LogP contribution in [-0.2, 0) is 11.8 Å². The van der Waals surface area contributed by atoms with E-state index < -0.39 is 0 Å². The SMILES string of the molecule is CCCCCCCCP(=S)=[Se]. The second-order valence-corrected chi connectivity index (χ2v) is 9.60. The van der Waals surface area contributed by atoms with E-state index in [0.29, 0.717) is 0 Å². The van der Waals surface area contributed by atoms with E-state index in [-0.39, 0.29) is 4.94 Å². The summed E-state index contributed by atoms with van der Waals surface area (Å²) >= 11 is 8.11. The van der Waals surface area contributed by atoms with Crippen molar-refractivity contribution >= 4 is 31.8 Å². The average molecular weight is 255 g/mol. The molecule has 1 unspecified atom stereocenters. The number of hydrogen-bond donors (Lipinski definition) is 0. The van der Waals surface area contributed by atoms with Crippen LogP contribution in [0.5, 0.6) is 0 Å². The van der Waals surface area contributed by atoms with E-state index >= 15 is 0 Å². The van der Waals surface area contributed by atoms with E-state index in [1.54, 1.807) is 0 Å². The van der Waals surface area contributed by atoms with Gasteiger partial charge >= 0.3 is 83.5 Å². The van der Waals surface area contributed by atoms with Crippen LogP contribution in [0.3, 0.4) is 0 Å². The Morgan fingerprint density at radius 3 is 2.18 bits per heavy atom. The van der Waals surface area contributed by atoms with Crippen LogP contribution in [0.2, 0.25) is 0 Å². The topological polar surface area (TPSA) is 0 Å². The van der Waals surface area contributed by atoms with Gasteiger partial charge in [0, 0.05) is 0 Å². The summed E-state index contributed by atoms with van der Waals surface area (Å²) in [5.41, 5.74) is 0. The second-order valence-electron chi connectivity index (χ2n) is 2.82. The fourth-order valence-electron chi connectivity index (χ4n) is 1.02. The second kappa shape index (κ2) is 9.13. The van der Waals surface area contributed by atoms with Crippen LogP contribution < -0.4 is 0 Å². The summed E-state index contributed by atoms with van der Waals surface area (Å²) in [6.45, 7) is 2.25. The van der Waals surface area contributed by atoms with Crippen LogP contribution in [0.4, 0.5) is 0 Å². The minimum absolute atomic E-state index is 0.167. The van der Waals surface area contributed by atoms with Gasteiger partial charge < -0.3 is 0 Å². The Balaban J connectivity index is 2.90. The van der Waals surface area contributed by atoms with Crippen molar-refractivity contribution in [1.29, 1.82) is 0 Å². The molecule has 0 N–H and O–H groups in total. The molecule has 0 saturated heterocycles. The van der Waals surface area contributed by atoms with Crippen molar-refractivity contribution in [2.45, 2.75) is 45.4 Å². The Bertz CT molecular complexity index is 135. The van der Waals surface area contributed by atoms with Gasteiger partial charge in [0.25, 0.3) is 0 Å². The number of unbranched alkanes of at least 4 members (excludes halogenated alkanes) is 5.